The highest BCUT2D eigenvalue weighted by atomic mass is 35.5. The molecule has 0 spiro atoms. The fourth-order valence-electron chi connectivity index (χ4n) is 2.52. The summed E-state index contributed by atoms with van der Waals surface area (Å²) in [6, 6.07) is 16.9. The van der Waals surface area contributed by atoms with Gasteiger partial charge in [-0.25, -0.2) is 4.79 Å². The predicted molar refractivity (Wildman–Crippen MR) is 104 cm³/mol. The zero-order valence-corrected chi connectivity index (χ0v) is 16.2. The Morgan fingerprint density at radius 1 is 1.15 bits per heavy atom. The van der Waals surface area contributed by atoms with E-state index in [1.807, 2.05) is 51.1 Å². The molecule has 2 aromatic rings. The molecule has 1 amide bonds. The van der Waals surface area contributed by atoms with E-state index in [2.05, 4.69) is 0 Å². The van der Waals surface area contributed by atoms with Gasteiger partial charge in [0.05, 0.1) is 12.6 Å². The summed E-state index contributed by atoms with van der Waals surface area (Å²) in [4.78, 5) is 14.1. The number of aliphatic hydroxyl groups is 1. The van der Waals surface area contributed by atoms with Gasteiger partial charge in [-0.15, -0.1) is 0 Å². The SMILES string of the molecule is CC(C)(C)OC(=O)N(CCc1ccccc1)C[C@H](O)c1cccc(Cl)c1. The van der Waals surface area contributed by atoms with E-state index < -0.39 is 17.8 Å². The Kier molecular flexibility index (Phi) is 7.06. The molecule has 0 saturated heterocycles. The van der Waals surface area contributed by atoms with Crippen LogP contribution in [0.2, 0.25) is 5.02 Å². The van der Waals surface area contributed by atoms with E-state index >= 15 is 0 Å². The Hall–Kier alpha value is -2.04. The van der Waals surface area contributed by atoms with Gasteiger partial charge in [0.15, 0.2) is 0 Å². The first-order valence-electron chi connectivity index (χ1n) is 8.70. The number of rotatable bonds is 6. The second-order valence-corrected chi connectivity index (χ2v) is 7.67. The number of aliphatic hydroxyl groups excluding tert-OH is 1. The molecule has 0 aliphatic heterocycles. The third-order valence-corrected chi connectivity index (χ3v) is 4.03. The van der Waals surface area contributed by atoms with Gasteiger partial charge in [-0.2, -0.15) is 0 Å². The number of carbonyl (C=O) groups is 1. The van der Waals surface area contributed by atoms with Crippen molar-refractivity contribution in [3.05, 3.63) is 70.7 Å². The second-order valence-electron chi connectivity index (χ2n) is 7.23. The first-order chi connectivity index (χ1) is 12.2. The van der Waals surface area contributed by atoms with Crippen LogP contribution in [-0.2, 0) is 11.2 Å². The molecular formula is C21H26ClNO3. The van der Waals surface area contributed by atoms with E-state index in [1.165, 1.54) is 0 Å². The van der Waals surface area contributed by atoms with Gasteiger partial charge in [0.25, 0.3) is 0 Å². The molecule has 4 nitrogen and oxygen atoms in total. The molecule has 0 bridgehead atoms. The van der Waals surface area contributed by atoms with Crippen LogP contribution in [0.25, 0.3) is 0 Å². The normalized spacial score (nSPS) is 12.5. The number of hydrogen-bond donors (Lipinski definition) is 1. The van der Waals surface area contributed by atoms with Crippen LogP contribution in [0, 0.1) is 0 Å². The fourth-order valence-corrected chi connectivity index (χ4v) is 2.72. The molecule has 0 aliphatic rings. The Balaban J connectivity index is 2.09. The van der Waals surface area contributed by atoms with E-state index in [0.29, 0.717) is 23.6 Å². The Labute approximate surface area is 160 Å². The zero-order valence-electron chi connectivity index (χ0n) is 15.5. The Morgan fingerprint density at radius 2 is 1.85 bits per heavy atom. The summed E-state index contributed by atoms with van der Waals surface area (Å²) < 4.78 is 5.50. The molecule has 0 radical (unpaired) electrons. The lowest BCUT2D eigenvalue weighted by atomic mass is 10.1. The van der Waals surface area contributed by atoms with E-state index in [0.717, 1.165) is 5.56 Å². The highest BCUT2D eigenvalue weighted by molar-refractivity contribution is 6.30. The highest BCUT2D eigenvalue weighted by Crippen LogP contribution is 2.20. The minimum atomic E-state index is -0.836. The molecule has 0 heterocycles. The molecule has 1 atom stereocenters. The van der Waals surface area contributed by atoms with Crippen molar-refractivity contribution in [2.24, 2.45) is 0 Å². The molecule has 0 fully saturated rings. The van der Waals surface area contributed by atoms with Crippen molar-refractivity contribution >= 4 is 17.7 Å². The number of nitrogens with zero attached hydrogens (tertiary/aromatic N) is 1. The number of benzene rings is 2. The third-order valence-electron chi connectivity index (χ3n) is 3.79. The zero-order chi connectivity index (χ0) is 19.2. The summed E-state index contributed by atoms with van der Waals surface area (Å²) in [6.07, 6.45) is -0.589. The first-order valence-corrected chi connectivity index (χ1v) is 9.08. The van der Waals surface area contributed by atoms with Gasteiger partial charge >= 0.3 is 6.09 Å². The van der Waals surface area contributed by atoms with Gasteiger partial charge in [0.1, 0.15) is 5.60 Å². The number of hydrogen-bond acceptors (Lipinski definition) is 3. The minimum Gasteiger partial charge on any atom is -0.444 e. The quantitative estimate of drug-likeness (QED) is 0.784. The van der Waals surface area contributed by atoms with Gasteiger partial charge in [-0.05, 0) is 50.5 Å². The van der Waals surface area contributed by atoms with Crippen LogP contribution in [0.3, 0.4) is 0 Å². The van der Waals surface area contributed by atoms with Crippen LogP contribution in [0.15, 0.2) is 54.6 Å². The topological polar surface area (TPSA) is 49.8 Å². The maximum absolute atomic E-state index is 12.6. The van der Waals surface area contributed by atoms with Crippen LogP contribution in [0.1, 0.15) is 38.0 Å². The first kappa shape index (κ1) is 20.3. The third kappa shape index (κ3) is 6.70. The molecular weight excluding hydrogens is 350 g/mol. The maximum atomic E-state index is 12.6. The van der Waals surface area contributed by atoms with Crippen molar-refractivity contribution < 1.29 is 14.6 Å². The number of ether oxygens (including phenoxy) is 1. The number of amides is 1. The molecule has 0 unspecified atom stereocenters. The average molecular weight is 376 g/mol. The summed E-state index contributed by atoms with van der Waals surface area (Å²) in [5.74, 6) is 0. The average Bonchev–Trinajstić information content (AvgIpc) is 2.57. The molecule has 2 rings (SSSR count). The molecule has 2 aromatic carbocycles. The molecule has 0 aliphatic carbocycles. The van der Waals surface area contributed by atoms with Gasteiger partial charge in [-0.1, -0.05) is 54.1 Å². The van der Waals surface area contributed by atoms with Crippen molar-refractivity contribution in [2.75, 3.05) is 13.1 Å². The summed E-state index contributed by atoms with van der Waals surface area (Å²) in [7, 11) is 0. The Bertz CT molecular complexity index is 713. The van der Waals surface area contributed by atoms with Crippen molar-refractivity contribution in [3.8, 4) is 0 Å². The fraction of sp³-hybridized carbons (Fsp3) is 0.381. The lowest BCUT2D eigenvalue weighted by Crippen LogP contribution is -2.40. The van der Waals surface area contributed by atoms with E-state index in [9.17, 15) is 9.90 Å². The molecule has 5 heteroatoms. The van der Waals surface area contributed by atoms with E-state index in [1.54, 1.807) is 29.2 Å². The molecule has 0 aromatic heterocycles. The minimum absolute atomic E-state index is 0.141. The smallest absolute Gasteiger partial charge is 0.410 e. The molecule has 26 heavy (non-hydrogen) atoms. The van der Waals surface area contributed by atoms with E-state index in [4.69, 9.17) is 16.3 Å². The summed E-state index contributed by atoms with van der Waals surface area (Å²) >= 11 is 6.00. The largest absolute Gasteiger partial charge is 0.444 e. The summed E-state index contributed by atoms with van der Waals surface area (Å²) in [6.45, 7) is 6.08. The van der Waals surface area contributed by atoms with Gasteiger partial charge in [0, 0.05) is 11.6 Å². The van der Waals surface area contributed by atoms with E-state index in [-0.39, 0.29) is 6.54 Å². The lowest BCUT2D eigenvalue weighted by molar-refractivity contribution is 0.0147. The molecule has 0 saturated carbocycles. The number of halogens is 1. The van der Waals surface area contributed by atoms with Crippen molar-refractivity contribution in [2.45, 2.75) is 38.9 Å². The summed E-state index contributed by atoms with van der Waals surface area (Å²) in [5, 5.41) is 11.1. The van der Waals surface area contributed by atoms with Crippen molar-refractivity contribution in [1.82, 2.24) is 4.90 Å². The molecule has 140 valence electrons. The number of carbonyl (C=O) groups excluding carboxylic acids is 1. The van der Waals surface area contributed by atoms with Gasteiger partial charge < -0.3 is 14.7 Å². The monoisotopic (exact) mass is 375 g/mol. The Morgan fingerprint density at radius 3 is 2.46 bits per heavy atom. The second kappa shape index (κ2) is 9.06. The van der Waals surface area contributed by atoms with Crippen LogP contribution < -0.4 is 0 Å². The van der Waals surface area contributed by atoms with Crippen LogP contribution in [-0.4, -0.2) is 34.8 Å². The van der Waals surface area contributed by atoms with Gasteiger partial charge in [0.2, 0.25) is 0 Å². The predicted octanol–water partition coefficient (Wildman–Crippen LogP) is 4.85. The van der Waals surface area contributed by atoms with Crippen LogP contribution >= 0.6 is 11.6 Å². The van der Waals surface area contributed by atoms with Crippen molar-refractivity contribution in [1.29, 1.82) is 0 Å². The maximum Gasteiger partial charge on any atom is 0.410 e. The lowest BCUT2D eigenvalue weighted by Gasteiger charge is -2.29. The summed E-state index contributed by atoms with van der Waals surface area (Å²) in [5.41, 5.74) is 1.20. The van der Waals surface area contributed by atoms with Crippen molar-refractivity contribution in [3.63, 3.8) is 0 Å². The molecule has 1 N–H and O–H groups in total. The van der Waals surface area contributed by atoms with Gasteiger partial charge in [-0.3, -0.25) is 0 Å². The van der Waals surface area contributed by atoms with Crippen LogP contribution in [0.5, 0.6) is 0 Å². The standard InChI is InChI=1S/C21H26ClNO3/c1-21(2,3)26-20(25)23(13-12-16-8-5-4-6-9-16)15-19(24)17-10-7-11-18(22)14-17/h4-11,14,19,24H,12-13,15H2,1-3H3/t19-/m0/s1. The highest BCUT2D eigenvalue weighted by Gasteiger charge is 2.24. The van der Waals surface area contributed by atoms with Crippen LogP contribution in [0.4, 0.5) is 4.79 Å².